The summed E-state index contributed by atoms with van der Waals surface area (Å²) in [6, 6.07) is 11.6. The van der Waals surface area contributed by atoms with E-state index in [0.29, 0.717) is 39.3 Å². The Morgan fingerprint density at radius 1 is 0.641 bits per heavy atom. The van der Waals surface area contributed by atoms with Crippen LogP contribution in [-0.2, 0) is 28.6 Å². The molecule has 0 aliphatic carbocycles. The molecule has 39 heavy (non-hydrogen) atoms. The average molecular weight is 581 g/mol. The van der Waals surface area contributed by atoms with Crippen molar-refractivity contribution < 1.29 is 28.6 Å². The van der Waals surface area contributed by atoms with Gasteiger partial charge in [0.15, 0.2) is 0 Å². The predicted octanol–water partition coefficient (Wildman–Crippen LogP) is 0.709. The van der Waals surface area contributed by atoms with Crippen molar-refractivity contribution in [2.24, 2.45) is 4.99 Å². The van der Waals surface area contributed by atoms with Crippen LogP contribution in [0.4, 0.5) is 0 Å². The third-order valence-corrected chi connectivity index (χ3v) is 13.7. The normalized spacial score (nSPS) is 15.5. The van der Waals surface area contributed by atoms with Crippen LogP contribution in [0.25, 0.3) is 16.7 Å². The standard InChI is InChI=1S/C28H25N4O6.Ga/c1-4-36-26(33)23-17-9-7-15(29-17)16-8-10-18(30-16)24(27(34)37-5-2)20-12-14-22(32-20)25(28(35)38-6-3)21-13-11-19(23)31-21;/h7-14H,4-6H2,1-3H3,(H2-,29,30,31,32,33,34,35);/q-1;+3/p-2. The van der Waals surface area contributed by atoms with Crippen LogP contribution in [0.15, 0.2) is 59.2 Å². The van der Waals surface area contributed by atoms with Crippen molar-refractivity contribution in [1.29, 1.82) is 0 Å². The number of nitrogens with zero attached hydrogens (tertiary/aromatic N) is 4. The summed E-state index contributed by atoms with van der Waals surface area (Å²) in [6.07, 6.45) is 3.46. The number of carbonyl (C=O) groups excluding carboxylic acids is 3. The van der Waals surface area contributed by atoms with Gasteiger partial charge in [-0.25, -0.2) is 0 Å². The first-order valence-corrected chi connectivity index (χ1v) is 16.2. The zero-order chi connectivity index (χ0) is 27.0. The van der Waals surface area contributed by atoms with Crippen LogP contribution in [0.1, 0.15) is 32.2 Å². The second-order valence-electron chi connectivity index (χ2n) is 9.27. The summed E-state index contributed by atoms with van der Waals surface area (Å²) in [5.74, 6) is -1.44. The Balaban J connectivity index is 1.69. The fraction of sp³-hybridized carbons (Fsp3) is 0.214. The molecule has 0 spiro atoms. The van der Waals surface area contributed by atoms with E-state index in [2.05, 4.69) is 9.82 Å². The topological polar surface area (TPSA) is 106 Å². The summed E-state index contributed by atoms with van der Waals surface area (Å²) in [5, 5.41) is 3.36. The van der Waals surface area contributed by atoms with E-state index in [1.165, 1.54) is 0 Å². The number of fused-ring (bicyclic) bond motifs is 1. The Kier molecular flexibility index (Phi) is 5.29. The molecule has 0 N–H and O–H groups in total. The van der Waals surface area contributed by atoms with Crippen LogP contribution in [0, 0.1) is 10.7 Å². The summed E-state index contributed by atoms with van der Waals surface area (Å²) in [4.78, 5) is 45.0. The molecule has 10 nitrogen and oxygen atoms in total. The van der Waals surface area contributed by atoms with Gasteiger partial charge in [0, 0.05) is 0 Å². The van der Waals surface area contributed by atoms with E-state index < -0.39 is 34.8 Å². The van der Waals surface area contributed by atoms with Crippen molar-refractivity contribution in [2.45, 2.75) is 20.8 Å². The zero-order valence-corrected chi connectivity index (χ0v) is 24.0. The van der Waals surface area contributed by atoms with E-state index in [1.54, 1.807) is 32.9 Å². The molecule has 0 radical (unpaired) electrons. The summed E-state index contributed by atoms with van der Waals surface area (Å²) in [6.45, 7) is 5.92. The Labute approximate surface area is 227 Å². The van der Waals surface area contributed by atoms with Crippen LogP contribution >= 0.6 is 0 Å². The van der Waals surface area contributed by atoms with Crippen LogP contribution in [0.5, 0.6) is 0 Å². The van der Waals surface area contributed by atoms with Gasteiger partial charge in [-0.2, -0.15) is 0 Å². The van der Waals surface area contributed by atoms with Crippen molar-refractivity contribution >= 4 is 57.3 Å². The molecule has 11 heteroatoms. The number of aliphatic imine (C=N–C) groups is 1. The molecule has 0 saturated heterocycles. The molecule has 194 valence electrons. The molecule has 0 aromatic carbocycles. The molecule has 3 aromatic heterocycles. The summed E-state index contributed by atoms with van der Waals surface area (Å²) in [5.41, 5.74) is 3.18. The van der Waals surface area contributed by atoms with E-state index in [0.717, 1.165) is 16.0 Å². The number of esters is 3. The van der Waals surface area contributed by atoms with Gasteiger partial charge in [-0.1, -0.05) is 0 Å². The molecular weight excluding hydrogens is 558 g/mol. The van der Waals surface area contributed by atoms with Gasteiger partial charge in [0.1, 0.15) is 0 Å². The second kappa shape index (κ2) is 8.65. The van der Waals surface area contributed by atoms with E-state index in [4.69, 9.17) is 19.2 Å². The Hall–Kier alpha value is -4.22. The Morgan fingerprint density at radius 3 is 1.72 bits per heavy atom. The molecule has 0 fully saturated rings. The van der Waals surface area contributed by atoms with E-state index in [-0.39, 0.29) is 25.4 Å². The van der Waals surface area contributed by atoms with Crippen LogP contribution < -0.4 is 10.7 Å². The fourth-order valence-corrected chi connectivity index (χ4v) is 13.2. The van der Waals surface area contributed by atoms with Crippen molar-refractivity contribution in [2.75, 3.05) is 19.8 Å². The van der Waals surface area contributed by atoms with Gasteiger partial charge in [0.25, 0.3) is 0 Å². The molecular formula is C28H23GaN4O6. The molecule has 3 aromatic rings. The molecule has 4 aliphatic heterocycles. The van der Waals surface area contributed by atoms with Crippen LogP contribution in [0.2, 0.25) is 0 Å². The van der Waals surface area contributed by atoms with Crippen molar-refractivity contribution in [3.63, 3.8) is 0 Å². The van der Waals surface area contributed by atoms with Crippen molar-refractivity contribution in [3.05, 3.63) is 87.0 Å². The van der Waals surface area contributed by atoms with E-state index >= 15 is 0 Å². The van der Waals surface area contributed by atoms with Gasteiger partial charge in [0.05, 0.1) is 0 Å². The first kappa shape index (κ1) is 23.9. The third kappa shape index (κ3) is 3.11. The monoisotopic (exact) mass is 580 g/mol. The van der Waals surface area contributed by atoms with Gasteiger partial charge < -0.3 is 0 Å². The number of ether oxygens (including phenoxy) is 3. The van der Waals surface area contributed by atoms with Gasteiger partial charge in [-0.15, -0.1) is 0 Å². The molecule has 0 amide bonds. The maximum atomic E-state index is 13.5. The van der Waals surface area contributed by atoms with Gasteiger partial charge >= 0.3 is 228 Å². The minimum atomic E-state index is -3.20. The fourth-order valence-electron chi connectivity index (χ4n) is 5.94. The molecule has 7 rings (SSSR count). The Morgan fingerprint density at radius 2 is 1.13 bits per heavy atom. The molecule has 4 aliphatic rings. The number of aromatic nitrogens is 3. The van der Waals surface area contributed by atoms with Gasteiger partial charge in [0.2, 0.25) is 0 Å². The number of hydrogen-bond acceptors (Lipinski definition) is 7. The third-order valence-electron chi connectivity index (χ3n) is 7.33. The summed E-state index contributed by atoms with van der Waals surface area (Å²) < 4.78 is 23.0. The summed E-state index contributed by atoms with van der Waals surface area (Å²) >= 11 is -3.20. The van der Waals surface area contributed by atoms with Crippen LogP contribution in [0.3, 0.4) is 0 Å². The molecule has 0 saturated carbocycles. The van der Waals surface area contributed by atoms with Crippen molar-refractivity contribution in [3.8, 4) is 0 Å². The van der Waals surface area contributed by atoms with E-state index in [9.17, 15) is 14.4 Å². The molecule has 2 bridgehead atoms. The van der Waals surface area contributed by atoms with Crippen LogP contribution in [-0.4, -0.2) is 70.2 Å². The van der Waals surface area contributed by atoms with Gasteiger partial charge in [-0.05, 0) is 0 Å². The van der Waals surface area contributed by atoms with Gasteiger partial charge in [-0.3, -0.25) is 0 Å². The first-order valence-electron chi connectivity index (χ1n) is 12.9. The summed E-state index contributed by atoms with van der Waals surface area (Å²) in [7, 11) is 0. The van der Waals surface area contributed by atoms with E-state index in [1.807, 2.05) is 36.4 Å². The zero-order valence-electron chi connectivity index (χ0n) is 21.6. The second-order valence-corrected chi connectivity index (χ2v) is 14.0. The maximum absolute atomic E-state index is 13.5. The Bertz CT molecular complexity index is 1970. The quantitative estimate of drug-likeness (QED) is 0.189. The predicted molar refractivity (Wildman–Crippen MR) is 141 cm³/mol. The van der Waals surface area contributed by atoms with Crippen molar-refractivity contribution in [1.82, 2.24) is 9.82 Å². The minimum absolute atomic E-state index is 0.187. The number of rotatable bonds is 6. The first-order chi connectivity index (χ1) is 19.0. The molecule has 7 heterocycles. The number of hydrogen-bond donors (Lipinski definition) is 0. The molecule has 0 atom stereocenters. The number of carbonyl (C=O) groups is 3. The number of allylic oxidation sites excluding steroid dienone is 2. The SMILES string of the molecule is CCOC(=O)C1=C2C=CC(=N2)C(C(=O)OCC)=c2ccc3[n]2[Ga]2[n]4c1ccc4C(C(=O)OCC)=c1ccc=3[n]12. The molecule has 0 unspecified atom stereocenters. The average Bonchev–Trinajstić information content (AvgIpc) is 3.72.